The van der Waals surface area contributed by atoms with Crippen LogP contribution in [0.2, 0.25) is 0 Å². The number of benzene rings is 3. The quantitative estimate of drug-likeness (QED) is 0.663. The number of rotatable bonds is 7. The first-order valence-corrected chi connectivity index (χ1v) is 8.58. The van der Waals surface area contributed by atoms with Gasteiger partial charge in [0.05, 0.1) is 6.04 Å². The standard InChI is InChI=1S/C22H23FN2/c23-20-13-11-17(12-14-20)21(24)15-16-25-22(18-7-3-1-4-8-18)19-9-5-2-6-10-19/h1-14,21-22,25H,15-16,24H2. The Hall–Kier alpha value is -2.49. The molecule has 1 atom stereocenters. The first kappa shape index (κ1) is 17.3. The van der Waals surface area contributed by atoms with Gasteiger partial charge in [-0.25, -0.2) is 4.39 Å². The molecule has 3 aromatic rings. The fraction of sp³-hybridized carbons (Fsp3) is 0.182. The predicted molar refractivity (Wildman–Crippen MR) is 101 cm³/mol. The molecule has 3 N–H and O–H groups in total. The lowest BCUT2D eigenvalue weighted by Crippen LogP contribution is -2.26. The van der Waals surface area contributed by atoms with Gasteiger partial charge in [-0.3, -0.25) is 0 Å². The Bertz CT molecular complexity index is 718. The van der Waals surface area contributed by atoms with Gasteiger partial charge in [-0.15, -0.1) is 0 Å². The van der Waals surface area contributed by atoms with Crippen LogP contribution in [-0.4, -0.2) is 6.54 Å². The summed E-state index contributed by atoms with van der Waals surface area (Å²) in [6.07, 6.45) is 0.780. The minimum absolute atomic E-state index is 0.111. The number of hydrogen-bond acceptors (Lipinski definition) is 2. The molecule has 0 fully saturated rings. The molecular weight excluding hydrogens is 311 g/mol. The molecule has 0 saturated heterocycles. The van der Waals surface area contributed by atoms with E-state index in [4.69, 9.17) is 5.73 Å². The number of hydrogen-bond donors (Lipinski definition) is 2. The fourth-order valence-electron chi connectivity index (χ4n) is 2.98. The molecule has 0 saturated carbocycles. The third-order valence-corrected chi connectivity index (χ3v) is 4.37. The third-order valence-electron chi connectivity index (χ3n) is 4.37. The molecule has 0 spiro atoms. The zero-order valence-corrected chi connectivity index (χ0v) is 14.1. The molecule has 1 unspecified atom stereocenters. The average Bonchev–Trinajstić information content (AvgIpc) is 2.67. The summed E-state index contributed by atoms with van der Waals surface area (Å²) < 4.78 is 13.0. The van der Waals surface area contributed by atoms with Crippen LogP contribution in [0.3, 0.4) is 0 Å². The lowest BCUT2D eigenvalue weighted by molar-refractivity contribution is 0.540. The average molecular weight is 334 g/mol. The maximum absolute atomic E-state index is 13.0. The van der Waals surface area contributed by atoms with Crippen molar-refractivity contribution in [1.82, 2.24) is 5.32 Å². The highest BCUT2D eigenvalue weighted by Crippen LogP contribution is 2.22. The van der Waals surface area contributed by atoms with Crippen LogP contribution in [-0.2, 0) is 0 Å². The van der Waals surface area contributed by atoms with E-state index in [1.807, 2.05) is 12.1 Å². The molecule has 0 aliphatic carbocycles. The van der Waals surface area contributed by atoms with Gasteiger partial charge in [-0.2, -0.15) is 0 Å². The molecule has 0 aromatic heterocycles. The van der Waals surface area contributed by atoms with E-state index >= 15 is 0 Å². The third kappa shape index (κ3) is 4.75. The van der Waals surface area contributed by atoms with Crippen LogP contribution in [0.15, 0.2) is 84.9 Å². The zero-order chi connectivity index (χ0) is 17.5. The van der Waals surface area contributed by atoms with E-state index in [9.17, 15) is 4.39 Å². The summed E-state index contributed by atoms with van der Waals surface area (Å²) in [6, 6.07) is 27.2. The minimum Gasteiger partial charge on any atom is -0.324 e. The summed E-state index contributed by atoms with van der Waals surface area (Å²) in [4.78, 5) is 0. The van der Waals surface area contributed by atoms with Crippen LogP contribution >= 0.6 is 0 Å². The van der Waals surface area contributed by atoms with Crippen LogP contribution < -0.4 is 11.1 Å². The highest BCUT2D eigenvalue weighted by molar-refractivity contribution is 5.31. The van der Waals surface area contributed by atoms with Gasteiger partial charge in [-0.1, -0.05) is 72.8 Å². The lowest BCUT2D eigenvalue weighted by Gasteiger charge is -2.21. The molecule has 3 rings (SSSR count). The molecule has 0 radical (unpaired) electrons. The zero-order valence-electron chi connectivity index (χ0n) is 14.1. The number of nitrogens with one attached hydrogen (secondary N) is 1. The fourth-order valence-corrected chi connectivity index (χ4v) is 2.98. The van der Waals surface area contributed by atoms with Crippen molar-refractivity contribution in [2.45, 2.75) is 18.5 Å². The smallest absolute Gasteiger partial charge is 0.123 e. The van der Waals surface area contributed by atoms with Gasteiger partial charge in [0.2, 0.25) is 0 Å². The molecule has 128 valence electrons. The lowest BCUT2D eigenvalue weighted by atomic mass is 9.98. The van der Waals surface area contributed by atoms with E-state index < -0.39 is 0 Å². The molecule has 0 aliphatic rings. The van der Waals surface area contributed by atoms with Crippen molar-refractivity contribution < 1.29 is 4.39 Å². The number of nitrogens with two attached hydrogens (primary N) is 1. The van der Waals surface area contributed by atoms with Gasteiger partial charge in [0.25, 0.3) is 0 Å². The van der Waals surface area contributed by atoms with Gasteiger partial charge in [0.15, 0.2) is 0 Å². The normalized spacial score (nSPS) is 12.3. The minimum atomic E-state index is -0.234. The Kier molecular flexibility index (Phi) is 5.94. The van der Waals surface area contributed by atoms with E-state index in [1.165, 1.54) is 23.3 Å². The van der Waals surface area contributed by atoms with Crippen LogP contribution in [0.1, 0.15) is 35.2 Å². The van der Waals surface area contributed by atoms with Crippen molar-refractivity contribution in [1.29, 1.82) is 0 Å². The van der Waals surface area contributed by atoms with Gasteiger partial charge < -0.3 is 11.1 Å². The van der Waals surface area contributed by atoms with Crippen molar-refractivity contribution >= 4 is 0 Å². The molecule has 0 bridgehead atoms. The van der Waals surface area contributed by atoms with E-state index in [-0.39, 0.29) is 17.9 Å². The maximum Gasteiger partial charge on any atom is 0.123 e. The molecule has 3 heteroatoms. The first-order valence-electron chi connectivity index (χ1n) is 8.58. The summed E-state index contributed by atoms with van der Waals surface area (Å²) >= 11 is 0. The van der Waals surface area contributed by atoms with Crippen LogP contribution in [0.5, 0.6) is 0 Å². The van der Waals surface area contributed by atoms with Crippen molar-refractivity contribution in [3.8, 4) is 0 Å². The van der Waals surface area contributed by atoms with Crippen LogP contribution in [0.4, 0.5) is 4.39 Å². The van der Waals surface area contributed by atoms with Crippen molar-refractivity contribution in [3.05, 3.63) is 107 Å². The second kappa shape index (κ2) is 8.56. The van der Waals surface area contributed by atoms with E-state index in [1.54, 1.807) is 12.1 Å². The molecule has 0 heterocycles. The first-order chi connectivity index (χ1) is 12.2. The molecule has 3 aromatic carbocycles. The van der Waals surface area contributed by atoms with Gasteiger partial charge in [0.1, 0.15) is 5.82 Å². The SMILES string of the molecule is NC(CCNC(c1ccccc1)c1ccccc1)c1ccc(F)cc1. The highest BCUT2D eigenvalue weighted by atomic mass is 19.1. The predicted octanol–water partition coefficient (Wildman–Crippen LogP) is 4.59. The summed E-state index contributed by atoms with van der Waals surface area (Å²) in [7, 11) is 0. The van der Waals surface area contributed by atoms with Crippen molar-refractivity contribution in [2.24, 2.45) is 5.73 Å². The Morgan fingerprint density at radius 1 is 0.720 bits per heavy atom. The molecule has 0 amide bonds. The molecule has 25 heavy (non-hydrogen) atoms. The maximum atomic E-state index is 13.0. The van der Waals surface area contributed by atoms with Gasteiger partial charge >= 0.3 is 0 Å². The van der Waals surface area contributed by atoms with Crippen LogP contribution in [0.25, 0.3) is 0 Å². The molecular formula is C22H23FN2. The van der Waals surface area contributed by atoms with Crippen molar-refractivity contribution in [3.63, 3.8) is 0 Å². The van der Waals surface area contributed by atoms with Gasteiger partial charge in [-0.05, 0) is 41.8 Å². The molecule has 2 nitrogen and oxygen atoms in total. The molecule has 0 aliphatic heterocycles. The monoisotopic (exact) mass is 334 g/mol. The Morgan fingerprint density at radius 2 is 1.24 bits per heavy atom. The van der Waals surface area contributed by atoms with Crippen LogP contribution in [0, 0.1) is 5.82 Å². The summed E-state index contributed by atoms with van der Waals surface area (Å²) in [5, 5.41) is 3.61. The van der Waals surface area contributed by atoms with E-state index in [0.717, 1.165) is 18.5 Å². The Balaban J connectivity index is 1.66. The largest absolute Gasteiger partial charge is 0.324 e. The highest BCUT2D eigenvalue weighted by Gasteiger charge is 2.14. The second-order valence-corrected chi connectivity index (χ2v) is 6.16. The van der Waals surface area contributed by atoms with Gasteiger partial charge in [0, 0.05) is 6.04 Å². The summed E-state index contributed by atoms with van der Waals surface area (Å²) in [5.74, 6) is -0.234. The summed E-state index contributed by atoms with van der Waals surface area (Å²) in [6.45, 7) is 0.771. The Morgan fingerprint density at radius 3 is 1.76 bits per heavy atom. The van der Waals surface area contributed by atoms with E-state index in [0.29, 0.717) is 0 Å². The summed E-state index contributed by atoms with van der Waals surface area (Å²) in [5.41, 5.74) is 9.66. The second-order valence-electron chi connectivity index (χ2n) is 6.16. The topological polar surface area (TPSA) is 38.0 Å². The Labute approximate surface area is 148 Å². The van der Waals surface area contributed by atoms with E-state index in [2.05, 4.69) is 53.8 Å². The number of halogens is 1. The van der Waals surface area contributed by atoms with Crippen molar-refractivity contribution in [2.75, 3.05) is 6.54 Å².